The highest BCUT2D eigenvalue weighted by Crippen LogP contribution is 2.13. The summed E-state index contributed by atoms with van der Waals surface area (Å²) >= 11 is 1.33. The summed E-state index contributed by atoms with van der Waals surface area (Å²) in [7, 11) is 1.76. The Bertz CT molecular complexity index is 229. The molecule has 1 aromatic carbocycles. The van der Waals surface area contributed by atoms with Crippen molar-refractivity contribution in [2.45, 2.75) is 4.90 Å². The van der Waals surface area contributed by atoms with Gasteiger partial charge in [-0.05, 0) is 37.2 Å². The smallest absolute Gasteiger partial charge is 0.124 e. The molecular weight excluding hydrogens is 163 g/mol. The molecule has 0 aromatic heterocycles. The first-order valence-corrected chi connectivity index (χ1v) is 3.99. The van der Waals surface area contributed by atoms with Gasteiger partial charge in [-0.15, -0.1) is 0 Å². The number of hydrazine groups is 1. The third-order valence-electron chi connectivity index (χ3n) is 1.07. The largest absolute Gasteiger partial charge is 0.251 e. The van der Waals surface area contributed by atoms with Crippen LogP contribution in [0.4, 0.5) is 4.39 Å². The van der Waals surface area contributed by atoms with Crippen LogP contribution in [-0.4, -0.2) is 7.05 Å². The maximum atomic E-state index is 12.5. The molecule has 60 valence electrons. The molecule has 2 nitrogen and oxygen atoms in total. The first-order chi connectivity index (χ1) is 5.33. The molecule has 0 fully saturated rings. The van der Waals surface area contributed by atoms with Crippen molar-refractivity contribution in [3.8, 4) is 0 Å². The number of hydrogen-bond acceptors (Lipinski definition) is 3. The average Bonchev–Trinajstić information content (AvgIpc) is 2.01. The van der Waals surface area contributed by atoms with E-state index in [1.54, 1.807) is 13.1 Å². The second-order valence-corrected chi connectivity index (χ2v) is 2.79. The molecule has 0 saturated carbocycles. The molecule has 0 heterocycles. The SMILES string of the molecule is CNNSc1cccc(F)c1. The lowest BCUT2D eigenvalue weighted by atomic mass is 10.4. The fourth-order valence-corrected chi connectivity index (χ4v) is 1.18. The van der Waals surface area contributed by atoms with Crippen LogP contribution in [0.2, 0.25) is 0 Å². The predicted molar refractivity (Wildman–Crippen MR) is 44.5 cm³/mol. The molecule has 0 aliphatic carbocycles. The lowest BCUT2D eigenvalue weighted by Gasteiger charge is -2.00. The summed E-state index contributed by atoms with van der Waals surface area (Å²) in [5.74, 6) is -0.215. The maximum Gasteiger partial charge on any atom is 0.124 e. The monoisotopic (exact) mass is 172 g/mol. The van der Waals surface area contributed by atoms with Crippen LogP contribution in [0.1, 0.15) is 0 Å². The molecule has 1 aromatic rings. The molecule has 0 radical (unpaired) electrons. The number of halogens is 1. The van der Waals surface area contributed by atoms with Crippen molar-refractivity contribution in [1.82, 2.24) is 10.3 Å². The topological polar surface area (TPSA) is 24.1 Å². The molecule has 0 amide bonds. The molecule has 0 unspecified atom stereocenters. The van der Waals surface area contributed by atoms with Crippen molar-refractivity contribution in [3.63, 3.8) is 0 Å². The van der Waals surface area contributed by atoms with Gasteiger partial charge in [-0.3, -0.25) is 5.43 Å². The van der Waals surface area contributed by atoms with Gasteiger partial charge in [-0.25, -0.2) is 4.39 Å². The first kappa shape index (κ1) is 8.52. The van der Waals surface area contributed by atoms with Gasteiger partial charge < -0.3 is 0 Å². The summed E-state index contributed by atoms with van der Waals surface area (Å²) in [6, 6.07) is 6.39. The van der Waals surface area contributed by atoms with Gasteiger partial charge in [0.1, 0.15) is 5.82 Å². The molecule has 4 heteroatoms. The molecule has 1 rings (SSSR count). The minimum atomic E-state index is -0.215. The van der Waals surface area contributed by atoms with E-state index in [0.29, 0.717) is 0 Å². The van der Waals surface area contributed by atoms with E-state index in [4.69, 9.17) is 0 Å². The molecule has 0 spiro atoms. The Balaban J connectivity index is 2.56. The second kappa shape index (κ2) is 4.33. The lowest BCUT2D eigenvalue weighted by Crippen LogP contribution is -2.19. The van der Waals surface area contributed by atoms with Gasteiger partial charge >= 0.3 is 0 Å². The van der Waals surface area contributed by atoms with Gasteiger partial charge in [0.05, 0.1) is 0 Å². The van der Waals surface area contributed by atoms with Crippen LogP contribution in [0.3, 0.4) is 0 Å². The van der Waals surface area contributed by atoms with Gasteiger partial charge in [-0.2, -0.15) is 4.83 Å². The first-order valence-electron chi connectivity index (χ1n) is 3.17. The summed E-state index contributed by atoms with van der Waals surface area (Å²) < 4.78 is 12.5. The fourth-order valence-electron chi connectivity index (χ4n) is 0.640. The van der Waals surface area contributed by atoms with Crippen LogP contribution in [0.15, 0.2) is 29.2 Å². The summed E-state index contributed by atoms with van der Waals surface area (Å²) in [5.41, 5.74) is 2.73. The number of hydrogen-bond donors (Lipinski definition) is 2. The molecule has 0 aliphatic heterocycles. The van der Waals surface area contributed by atoms with Crippen LogP contribution >= 0.6 is 11.9 Å². The maximum absolute atomic E-state index is 12.5. The minimum Gasteiger partial charge on any atom is -0.251 e. The van der Waals surface area contributed by atoms with Crippen molar-refractivity contribution in [3.05, 3.63) is 30.1 Å². The quantitative estimate of drug-likeness (QED) is 0.534. The molecule has 0 aliphatic rings. The Labute approximate surface area is 69.3 Å². The zero-order chi connectivity index (χ0) is 8.10. The van der Waals surface area contributed by atoms with Crippen molar-refractivity contribution >= 4 is 11.9 Å². The second-order valence-electron chi connectivity index (χ2n) is 1.91. The molecule has 0 atom stereocenters. The molecule has 0 bridgehead atoms. The van der Waals surface area contributed by atoms with Crippen LogP contribution in [0.5, 0.6) is 0 Å². The van der Waals surface area contributed by atoms with E-state index >= 15 is 0 Å². The number of benzene rings is 1. The lowest BCUT2D eigenvalue weighted by molar-refractivity contribution is 0.624. The van der Waals surface area contributed by atoms with E-state index in [1.165, 1.54) is 24.1 Å². The summed E-state index contributed by atoms with van der Waals surface area (Å²) in [5, 5.41) is 0. The number of nitrogens with one attached hydrogen (secondary N) is 2. The Morgan fingerprint density at radius 1 is 1.45 bits per heavy atom. The van der Waals surface area contributed by atoms with Gasteiger partial charge in [0, 0.05) is 4.90 Å². The van der Waals surface area contributed by atoms with Crippen LogP contribution < -0.4 is 10.3 Å². The summed E-state index contributed by atoms with van der Waals surface area (Å²) in [6.45, 7) is 0. The fraction of sp³-hybridized carbons (Fsp3) is 0.143. The van der Waals surface area contributed by atoms with E-state index in [-0.39, 0.29) is 5.82 Å². The van der Waals surface area contributed by atoms with Gasteiger partial charge in [0.15, 0.2) is 0 Å². The molecule has 0 saturated heterocycles. The Morgan fingerprint density at radius 2 is 2.27 bits per heavy atom. The molecular formula is C7H9FN2S. The van der Waals surface area contributed by atoms with E-state index in [2.05, 4.69) is 10.3 Å². The zero-order valence-corrected chi connectivity index (χ0v) is 6.91. The summed E-state index contributed by atoms with van der Waals surface area (Å²) in [4.78, 5) is 3.64. The van der Waals surface area contributed by atoms with Crippen molar-refractivity contribution in [2.75, 3.05) is 7.05 Å². The third-order valence-corrected chi connectivity index (χ3v) is 1.86. The van der Waals surface area contributed by atoms with Crippen LogP contribution in [-0.2, 0) is 0 Å². The highest BCUT2D eigenvalue weighted by Gasteiger charge is 1.93. The van der Waals surface area contributed by atoms with Crippen molar-refractivity contribution < 1.29 is 4.39 Å². The Morgan fingerprint density at radius 3 is 2.91 bits per heavy atom. The van der Waals surface area contributed by atoms with Crippen LogP contribution in [0.25, 0.3) is 0 Å². The standard InChI is InChI=1S/C7H9FN2S/c1-9-10-11-7-4-2-3-6(8)5-7/h2-5,9-10H,1H3. The third kappa shape index (κ3) is 2.88. The van der Waals surface area contributed by atoms with Crippen molar-refractivity contribution in [2.24, 2.45) is 0 Å². The van der Waals surface area contributed by atoms with Gasteiger partial charge in [-0.1, -0.05) is 6.07 Å². The van der Waals surface area contributed by atoms with E-state index in [9.17, 15) is 4.39 Å². The van der Waals surface area contributed by atoms with Gasteiger partial charge in [0.25, 0.3) is 0 Å². The number of rotatable bonds is 3. The predicted octanol–water partition coefficient (Wildman–Crippen LogP) is 1.56. The molecule has 11 heavy (non-hydrogen) atoms. The Kier molecular flexibility index (Phi) is 3.35. The zero-order valence-electron chi connectivity index (χ0n) is 6.10. The molecule has 2 N–H and O–H groups in total. The normalized spacial score (nSPS) is 10.0. The minimum absolute atomic E-state index is 0.215. The van der Waals surface area contributed by atoms with Crippen molar-refractivity contribution in [1.29, 1.82) is 0 Å². The van der Waals surface area contributed by atoms with Crippen LogP contribution in [0, 0.1) is 5.82 Å². The highest BCUT2D eigenvalue weighted by molar-refractivity contribution is 7.97. The average molecular weight is 172 g/mol. The van der Waals surface area contributed by atoms with E-state index in [1.807, 2.05) is 6.07 Å². The summed E-state index contributed by atoms with van der Waals surface area (Å²) in [6.07, 6.45) is 0. The Hall–Kier alpha value is -0.580. The van der Waals surface area contributed by atoms with Gasteiger partial charge in [0.2, 0.25) is 0 Å². The highest BCUT2D eigenvalue weighted by atomic mass is 32.2. The van der Waals surface area contributed by atoms with E-state index in [0.717, 1.165) is 4.90 Å². The van der Waals surface area contributed by atoms with E-state index < -0.39 is 0 Å².